The molecule has 10 aromatic carbocycles. The lowest BCUT2D eigenvalue weighted by Crippen LogP contribution is -2.40. The number of fused-ring (bicyclic) bond motifs is 12. The molecule has 0 heterocycles. The van der Waals surface area contributed by atoms with Gasteiger partial charge in [0.25, 0.3) is 0 Å². The predicted molar refractivity (Wildman–Crippen MR) is 284 cm³/mol. The third-order valence-corrected chi connectivity index (χ3v) is 15.8. The summed E-state index contributed by atoms with van der Waals surface area (Å²) in [5, 5.41) is 0. The quantitative estimate of drug-likeness (QED) is 0.161. The van der Waals surface area contributed by atoms with Crippen LogP contribution in [0.15, 0.2) is 237 Å². The lowest BCUT2D eigenvalue weighted by Gasteiger charge is -2.46. The molecular weight excluding hydrogens is 819 g/mol. The van der Waals surface area contributed by atoms with Crippen molar-refractivity contribution in [1.82, 2.24) is 0 Å². The number of nitrogens with zero attached hydrogens (tertiary/aromatic N) is 1. The highest BCUT2D eigenvalue weighted by Crippen LogP contribution is 2.62. The van der Waals surface area contributed by atoms with Crippen LogP contribution in [0.1, 0.15) is 72.2 Å². The van der Waals surface area contributed by atoms with Crippen LogP contribution in [-0.4, -0.2) is 0 Å². The summed E-state index contributed by atoms with van der Waals surface area (Å²) < 4.78 is 0. The molecule has 0 fully saturated rings. The van der Waals surface area contributed by atoms with Gasteiger partial charge in [-0.05, 0) is 149 Å². The molecule has 0 N–H and O–H groups in total. The summed E-state index contributed by atoms with van der Waals surface area (Å²) in [6.45, 7) is 9.50. The van der Waals surface area contributed by atoms with Crippen LogP contribution in [0.25, 0.3) is 55.6 Å². The standard InChI is InChI=1S/C67H51N/c1-65(2)57-23-10-8-21-53(57)55-40-38-52(43-63(55)65)68(50-34-29-45(30-35-50)44-17-6-5-7-18-44)51-36-31-46(32-37-51)47-19-16-20-48(41-47)49-33-39-56-54-22-9-11-24-58(54)67(64(56)42-49)61-27-14-12-25-59(61)66(3,4)60-26-13-15-28-62(60)67/h5-43H,1-4H3. The van der Waals surface area contributed by atoms with Crippen LogP contribution in [-0.2, 0) is 16.2 Å². The molecule has 324 valence electrons. The summed E-state index contributed by atoms with van der Waals surface area (Å²) in [7, 11) is 0. The predicted octanol–water partition coefficient (Wildman–Crippen LogP) is 17.5. The van der Waals surface area contributed by atoms with Crippen LogP contribution in [0.3, 0.4) is 0 Å². The number of hydrogen-bond donors (Lipinski definition) is 0. The minimum absolute atomic E-state index is 0.106. The fourth-order valence-electron chi connectivity index (χ4n) is 12.4. The Morgan fingerprint density at radius 3 is 1.25 bits per heavy atom. The molecular formula is C67H51N. The van der Waals surface area contributed by atoms with E-state index in [1.807, 2.05) is 0 Å². The number of hydrogen-bond acceptors (Lipinski definition) is 1. The summed E-state index contributed by atoms with van der Waals surface area (Å²) in [6.07, 6.45) is 0. The molecule has 1 nitrogen and oxygen atoms in total. The molecule has 0 amide bonds. The number of anilines is 3. The van der Waals surface area contributed by atoms with E-state index in [1.54, 1.807) is 0 Å². The molecule has 0 radical (unpaired) electrons. The van der Waals surface area contributed by atoms with E-state index in [9.17, 15) is 0 Å². The van der Waals surface area contributed by atoms with E-state index in [1.165, 1.54) is 100 Å². The van der Waals surface area contributed by atoms with Crippen molar-refractivity contribution in [2.45, 2.75) is 43.9 Å². The monoisotopic (exact) mass is 869 g/mol. The minimum Gasteiger partial charge on any atom is -0.310 e. The Morgan fingerprint density at radius 1 is 0.235 bits per heavy atom. The van der Waals surface area contributed by atoms with Crippen LogP contribution in [0.5, 0.6) is 0 Å². The molecule has 0 saturated carbocycles. The molecule has 0 atom stereocenters. The molecule has 1 spiro atoms. The lowest BCUT2D eigenvalue weighted by molar-refractivity contribution is 0.563. The van der Waals surface area contributed by atoms with E-state index in [4.69, 9.17) is 0 Å². The Kier molecular flexibility index (Phi) is 8.89. The van der Waals surface area contributed by atoms with Crippen molar-refractivity contribution in [2.24, 2.45) is 0 Å². The minimum atomic E-state index is -0.426. The average Bonchev–Trinajstić information content (AvgIpc) is 3.81. The van der Waals surface area contributed by atoms with Crippen molar-refractivity contribution in [3.8, 4) is 55.6 Å². The Hall–Kier alpha value is -8.00. The largest absolute Gasteiger partial charge is 0.310 e. The summed E-state index contributed by atoms with van der Waals surface area (Å²) >= 11 is 0. The first-order valence-electron chi connectivity index (χ1n) is 24.1. The smallest absolute Gasteiger partial charge is 0.0719 e. The van der Waals surface area contributed by atoms with Gasteiger partial charge in [0, 0.05) is 27.9 Å². The van der Waals surface area contributed by atoms with Crippen molar-refractivity contribution in [2.75, 3.05) is 4.90 Å². The van der Waals surface area contributed by atoms with Crippen LogP contribution >= 0.6 is 0 Å². The van der Waals surface area contributed by atoms with E-state index in [0.29, 0.717) is 0 Å². The summed E-state index contributed by atoms with van der Waals surface area (Å²) in [5.41, 5.74) is 26.3. The van der Waals surface area contributed by atoms with Gasteiger partial charge in [-0.1, -0.05) is 216 Å². The van der Waals surface area contributed by atoms with Gasteiger partial charge in [-0.2, -0.15) is 0 Å². The third kappa shape index (κ3) is 5.82. The van der Waals surface area contributed by atoms with Gasteiger partial charge < -0.3 is 4.90 Å². The second kappa shape index (κ2) is 15.0. The Morgan fingerprint density at radius 2 is 0.618 bits per heavy atom. The van der Waals surface area contributed by atoms with E-state index in [0.717, 1.165) is 17.1 Å². The second-order valence-electron chi connectivity index (χ2n) is 20.0. The van der Waals surface area contributed by atoms with Crippen LogP contribution in [0.2, 0.25) is 0 Å². The maximum Gasteiger partial charge on any atom is 0.0719 e. The molecule has 68 heavy (non-hydrogen) atoms. The van der Waals surface area contributed by atoms with Gasteiger partial charge in [0.05, 0.1) is 5.41 Å². The van der Waals surface area contributed by atoms with Crippen molar-refractivity contribution in [3.63, 3.8) is 0 Å². The molecule has 13 rings (SSSR count). The fraction of sp³-hybridized carbons (Fsp3) is 0.104. The maximum atomic E-state index is 2.50. The molecule has 3 aliphatic carbocycles. The molecule has 0 bridgehead atoms. The van der Waals surface area contributed by atoms with Gasteiger partial charge >= 0.3 is 0 Å². The summed E-state index contributed by atoms with van der Waals surface area (Å²) in [4.78, 5) is 2.41. The fourth-order valence-corrected chi connectivity index (χ4v) is 12.4. The van der Waals surface area contributed by atoms with E-state index < -0.39 is 5.41 Å². The van der Waals surface area contributed by atoms with Crippen LogP contribution in [0.4, 0.5) is 17.1 Å². The van der Waals surface area contributed by atoms with Crippen LogP contribution in [0, 0.1) is 0 Å². The maximum absolute atomic E-state index is 2.50. The van der Waals surface area contributed by atoms with Gasteiger partial charge in [0.2, 0.25) is 0 Å². The highest BCUT2D eigenvalue weighted by atomic mass is 15.1. The van der Waals surface area contributed by atoms with Crippen molar-refractivity contribution in [3.05, 3.63) is 281 Å². The van der Waals surface area contributed by atoms with Crippen molar-refractivity contribution in [1.29, 1.82) is 0 Å². The molecule has 0 aromatic heterocycles. The Balaban J connectivity index is 0.897. The number of benzene rings is 10. The SMILES string of the molecule is CC1(C)c2ccccc2-c2ccc(N(c3ccc(-c4ccccc4)cc3)c3ccc(-c4cccc(-c5ccc6c(c5)C5(c7ccccc7-6)c6ccccc6C(C)(C)c6ccccc65)c4)cc3)cc21. The molecule has 3 aliphatic rings. The first-order chi connectivity index (χ1) is 33.2. The first-order valence-corrected chi connectivity index (χ1v) is 24.1. The van der Waals surface area contributed by atoms with Crippen LogP contribution < -0.4 is 4.90 Å². The van der Waals surface area contributed by atoms with E-state index in [-0.39, 0.29) is 10.8 Å². The van der Waals surface area contributed by atoms with E-state index in [2.05, 4.69) is 269 Å². The average molecular weight is 870 g/mol. The summed E-state index contributed by atoms with van der Waals surface area (Å²) in [5.74, 6) is 0. The zero-order valence-electron chi connectivity index (χ0n) is 39.0. The molecule has 10 aromatic rings. The Labute approximate surface area is 400 Å². The number of rotatable bonds is 6. The Bertz CT molecular complexity index is 3560. The lowest BCUT2D eigenvalue weighted by atomic mass is 9.55. The van der Waals surface area contributed by atoms with Gasteiger partial charge in [-0.25, -0.2) is 0 Å². The second-order valence-corrected chi connectivity index (χ2v) is 20.0. The van der Waals surface area contributed by atoms with E-state index >= 15 is 0 Å². The normalized spacial score (nSPS) is 14.8. The highest BCUT2D eigenvalue weighted by Gasteiger charge is 2.53. The summed E-state index contributed by atoms with van der Waals surface area (Å²) in [6, 6.07) is 88.6. The molecule has 0 saturated heterocycles. The van der Waals surface area contributed by atoms with Gasteiger partial charge in [-0.3, -0.25) is 0 Å². The van der Waals surface area contributed by atoms with Crippen molar-refractivity contribution >= 4 is 17.1 Å². The van der Waals surface area contributed by atoms with Gasteiger partial charge in [-0.15, -0.1) is 0 Å². The molecule has 0 unspecified atom stereocenters. The zero-order chi connectivity index (χ0) is 45.8. The highest BCUT2D eigenvalue weighted by molar-refractivity contribution is 5.91. The van der Waals surface area contributed by atoms with Gasteiger partial charge in [0.15, 0.2) is 0 Å². The molecule has 0 aliphatic heterocycles. The first kappa shape index (κ1) is 40.3. The topological polar surface area (TPSA) is 3.24 Å². The molecule has 1 heteroatoms. The third-order valence-electron chi connectivity index (χ3n) is 15.8. The zero-order valence-corrected chi connectivity index (χ0v) is 39.0. The van der Waals surface area contributed by atoms with Crippen molar-refractivity contribution < 1.29 is 0 Å². The van der Waals surface area contributed by atoms with Gasteiger partial charge in [0.1, 0.15) is 0 Å².